The minimum absolute atomic E-state index is 0.356. The summed E-state index contributed by atoms with van der Waals surface area (Å²) in [5, 5.41) is 2.75. The zero-order chi connectivity index (χ0) is 14.5. The molecule has 0 aliphatic rings. The van der Waals surface area contributed by atoms with Crippen LogP contribution in [0.15, 0.2) is 48.5 Å². The SMILES string of the molecule is COc1ccc(P(c2ccc(OC)cc2)C(C)C)cc1. The first-order chi connectivity index (χ1) is 9.65. The molecule has 2 nitrogen and oxygen atoms in total. The van der Waals surface area contributed by atoms with E-state index in [1.807, 2.05) is 24.3 Å². The second kappa shape index (κ2) is 6.76. The third-order valence-electron chi connectivity index (χ3n) is 3.22. The van der Waals surface area contributed by atoms with Crippen LogP contribution in [0.25, 0.3) is 0 Å². The Kier molecular flexibility index (Phi) is 5.03. The monoisotopic (exact) mass is 288 g/mol. The quantitative estimate of drug-likeness (QED) is 0.783. The van der Waals surface area contributed by atoms with E-state index in [0.29, 0.717) is 5.66 Å². The predicted octanol–water partition coefficient (Wildman–Crippen LogP) is 3.54. The van der Waals surface area contributed by atoms with Gasteiger partial charge >= 0.3 is 0 Å². The first kappa shape index (κ1) is 14.9. The van der Waals surface area contributed by atoms with E-state index in [2.05, 4.69) is 38.1 Å². The number of ether oxygens (including phenoxy) is 2. The normalized spacial score (nSPS) is 10.9. The van der Waals surface area contributed by atoms with Crippen molar-refractivity contribution in [3.8, 4) is 11.5 Å². The summed E-state index contributed by atoms with van der Waals surface area (Å²) in [5.41, 5.74) is 0.590. The topological polar surface area (TPSA) is 18.5 Å². The maximum absolute atomic E-state index is 5.24. The summed E-state index contributed by atoms with van der Waals surface area (Å²) in [5.74, 6) is 1.81. The van der Waals surface area contributed by atoms with Gasteiger partial charge in [0.1, 0.15) is 11.5 Å². The fourth-order valence-corrected chi connectivity index (χ4v) is 4.66. The molecule has 2 aromatic carbocycles. The molecule has 0 radical (unpaired) electrons. The molecule has 0 saturated carbocycles. The number of methoxy groups -OCH3 is 2. The lowest BCUT2D eigenvalue weighted by molar-refractivity contribution is 0.415. The Hall–Kier alpha value is -1.53. The van der Waals surface area contributed by atoms with Crippen LogP contribution in [0.2, 0.25) is 0 Å². The lowest BCUT2D eigenvalue weighted by atomic mass is 10.3. The van der Waals surface area contributed by atoms with Crippen LogP contribution in [-0.2, 0) is 0 Å². The van der Waals surface area contributed by atoms with Crippen LogP contribution in [0.5, 0.6) is 11.5 Å². The van der Waals surface area contributed by atoms with E-state index in [4.69, 9.17) is 9.47 Å². The highest BCUT2D eigenvalue weighted by molar-refractivity contribution is 7.73. The van der Waals surface area contributed by atoms with Gasteiger partial charge in [-0.25, -0.2) is 0 Å². The molecule has 20 heavy (non-hydrogen) atoms. The van der Waals surface area contributed by atoms with Gasteiger partial charge in [0.05, 0.1) is 14.2 Å². The van der Waals surface area contributed by atoms with E-state index < -0.39 is 0 Å². The average molecular weight is 288 g/mol. The molecule has 3 heteroatoms. The standard InChI is InChI=1S/C17H21O2P/c1-13(2)20(16-9-5-14(18-3)6-10-16)17-11-7-15(19-4)8-12-17/h5-13H,1-4H3. The molecule has 106 valence electrons. The predicted molar refractivity (Wildman–Crippen MR) is 87.3 cm³/mol. The van der Waals surface area contributed by atoms with Gasteiger partial charge in [0.25, 0.3) is 0 Å². The Morgan fingerprint density at radius 3 is 1.30 bits per heavy atom. The van der Waals surface area contributed by atoms with Crippen molar-refractivity contribution in [2.24, 2.45) is 0 Å². The fourth-order valence-electron chi connectivity index (χ4n) is 2.23. The summed E-state index contributed by atoms with van der Waals surface area (Å²) in [7, 11) is 3.04. The average Bonchev–Trinajstić information content (AvgIpc) is 2.48. The Morgan fingerprint density at radius 2 is 1.05 bits per heavy atom. The Balaban J connectivity index is 2.33. The molecule has 0 unspecified atom stereocenters. The molecule has 0 atom stereocenters. The van der Waals surface area contributed by atoms with Gasteiger partial charge in [-0.15, -0.1) is 0 Å². The van der Waals surface area contributed by atoms with E-state index in [1.54, 1.807) is 14.2 Å². The van der Waals surface area contributed by atoms with Gasteiger partial charge in [0.2, 0.25) is 0 Å². The summed E-state index contributed by atoms with van der Waals surface area (Å²) in [6.45, 7) is 4.56. The van der Waals surface area contributed by atoms with E-state index in [0.717, 1.165) is 11.5 Å². The van der Waals surface area contributed by atoms with Crippen molar-refractivity contribution >= 4 is 18.5 Å². The van der Waals surface area contributed by atoms with E-state index >= 15 is 0 Å². The molecule has 2 rings (SSSR count). The van der Waals surface area contributed by atoms with Gasteiger partial charge in [0.15, 0.2) is 0 Å². The molecule has 0 aliphatic carbocycles. The Morgan fingerprint density at radius 1 is 0.700 bits per heavy atom. The van der Waals surface area contributed by atoms with Crippen LogP contribution < -0.4 is 20.1 Å². The van der Waals surface area contributed by atoms with E-state index in [1.165, 1.54) is 10.6 Å². The van der Waals surface area contributed by atoms with Gasteiger partial charge in [-0.3, -0.25) is 0 Å². The van der Waals surface area contributed by atoms with Crippen molar-refractivity contribution in [2.45, 2.75) is 19.5 Å². The van der Waals surface area contributed by atoms with Gasteiger partial charge in [-0.05, 0) is 48.5 Å². The third-order valence-corrected chi connectivity index (χ3v) is 5.96. The summed E-state index contributed by atoms with van der Waals surface area (Å²) in [4.78, 5) is 0. The Labute approximate surface area is 122 Å². The van der Waals surface area contributed by atoms with Crippen LogP contribution >= 0.6 is 7.92 Å². The number of rotatable bonds is 5. The van der Waals surface area contributed by atoms with Gasteiger partial charge in [-0.1, -0.05) is 38.1 Å². The lowest BCUT2D eigenvalue weighted by Crippen LogP contribution is -2.17. The van der Waals surface area contributed by atoms with Crippen LogP contribution in [0, 0.1) is 0 Å². The number of hydrogen-bond acceptors (Lipinski definition) is 2. The number of hydrogen-bond donors (Lipinski definition) is 0. The summed E-state index contributed by atoms with van der Waals surface area (Å²) < 4.78 is 10.5. The second-order valence-corrected chi connectivity index (χ2v) is 7.67. The zero-order valence-corrected chi connectivity index (χ0v) is 13.4. The first-order valence-corrected chi connectivity index (χ1v) is 8.14. The van der Waals surface area contributed by atoms with E-state index in [9.17, 15) is 0 Å². The Bertz CT molecular complexity index is 484. The van der Waals surface area contributed by atoms with Gasteiger partial charge < -0.3 is 9.47 Å². The highest BCUT2D eigenvalue weighted by Gasteiger charge is 2.17. The number of benzene rings is 2. The summed E-state index contributed by atoms with van der Waals surface area (Å²) in [6.07, 6.45) is 0. The van der Waals surface area contributed by atoms with E-state index in [-0.39, 0.29) is 7.92 Å². The molecule has 0 amide bonds. The van der Waals surface area contributed by atoms with Crippen molar-refractivity contribution in [2.75, 3.05) is 14.2 Å². The highest BCUT2D eigenvalue weighted by atomic mass is 31.1. The molecule has 0 bridgehead atoms. The smallest absolute Gasteiger partial charge is 0.118 e. The molecule has 0 saturated heterocycles. The summed E-state index contributed by atoms with van der Waals surface area (Å²) in [6, 6.07) is 16.9. The van der Waals surface area contributed by atoms with Gasteiger partial charge in [-0.2, -0.15) is 0 Å². The minimum atomic E-state index is -0.356. The summed E-state index contributed by atoms with van der Waals surface area (Å²) >= 11 is 0. The second-order valence-electron chi connectivity index (χ2n) is 4.86. The largest absolute Gasteiger partial charge is 0.497 e. The van der Waals surface area contributed by atoms with Crippen molar-refractivity contribution < 1.29 is 9.47 Å². The maximum atomic E-state index is 5.24. The molecule has 0 N–H and O–H groups in total. The lowest BCUT2D eigenvalue weighted by Gasteiger charge is -2.23. The van der Waals surface area contributed by atoms with Crippen molar-refractivity contribution in [1.82, 2.24) is 0 Å². The third kappa shape index (κ3) is 3.32. The molecule has 0 spiro atoms. The minimum Gasteiger partial charge on any atom is -0.497 e. The fraction of sp³-hybridized carbons (Fsp3) is 0.294. The molecule has 0 fully saturated rings. The molecular weight excluding hydrogens is 267 g/mol. The zero-order valence-electron chi connectivity index (χ0n) is 12.5. The van der Waals surface area contributed by atoms with Crippen LogP contribution in [0.3, 0.4) is 0 Å². The highest BCUT2D eigenvalue weighted by Crippen LogP contribution is 2.39. The van der Waals surface area contributed by atoms with Crippen molar-refractivity contribution in [3.05, 3.63) is 48.5 Å². The first-order valence-electron chi connectivity index (χ1n) is 6.73. The maximum Gasteiger partial charge on any atom is 0.118 e. The van der Waals surface area contributed by atoms with Gasteiger partial charge in [0, 0.05) is 0 Å². The molecule has 2 aromatic rings. The van der Waals surface area contributed by atoms with Crippen LogP contribution in [0.4, 0.5) is 0 Å². The molecular formula is C17H21O2P. The van der Waals surface area contributed by atoms with Crippen molar-refractivity contribution in [1.29, 1.82) is 0 Å². The van der Waals surface area contributed by atoms with Crippen LogP contribution in [-0.4, -0.2) is 19.9 Å². The molecule has 0 aliphatic heterocycles. The van der Waals surface area contributed by atoms with Crippen LogP contribution in [0.1, 0.15) is 13.8 Å². The molecule has 0 heterocycles. The molecule has 0 aromatic heterocycles. The van der Waals surface area contributed by atoms with Crippen molar-refractivity contribution in [3.63, 3.8) is 0 Å².